The van der Waals surface area contributed by atoms with Crippen LogP contribution in [-0.4, -0.2) is 26.6 Å². The maximum absolute atomic E-state index is 13.6. The van der Waals surface area contributed by atoms with Crippen molar-refractivity contribution < 1.29 is 17.6 Å². The molecule has 1 heterocycles. The van der Waals surface area contributed by atoms with Gasteiger partial charge in [0.15, 0.2) is 0 Å². The van der Waals surface area contributed by atoms with Crippen LogP contribution in [-0.2, 0) is 10.0 Å². The molecule has 8 heteroatoms. The Morgan fingerprint density at radius 2 is 1.96 bits per heavy atom. The molecule has 5 nitrogen and oxygen atoms in total. The molecule has 1 aliphatic rings. The standard InChI is InChI=1S/C18H19FN2O3S2/c1-2-20-26(23,24)14-6-3-12(4-7-14)18(22)21-16-9-10-25-17-8-5-13(19)11-15(16)17/h3-8,11,16,20H,2,9-10H2,1H3,(H,21,22)/t16-/m1/s1. The van der Waals surface area contributed by atoms with E-state index in [0.717, 1.165) is 16.2 Å². The summed E-state index contributed by atoms with van der Waals surface area (Å²) in [4.78, 5) is 13.6. The molecule has 1 aliphatic heterocycles. The molecule has 2 aromatic rings. The number of hydrogen-bond acceptors (Lipinski definition) is 4. The highest BCUT2D eigenvalue weighted by molar-refractivity contribution is 7.99. The molecule has 2 aromatic carbocycles. The molecule has 0 saturated heterocycles. The van der Waals surface area contributed by atoms with Crippen LogP contribution < -0.4 is 10.0 Å². The Morgan fingerprint density at radius 1 is 1.23 bits per heavy atom. The van der Waals surface area contributed by atoms with Crippen LogP contribution in [0.3, 0.4) is 0 Å². The van der Waals surface area contributed by atoms with Crippen LogP contribution in [0.5, 0.6) is 0 Å². The average molecular weight is 394 g/mol. The summed E-state index contributed by atoms with van der Waals surface area (Å²) >= 11 is 1.64. The van der Waals surface area contributed by atoms with Crippen LogP contribution in [0, 0.1) is 5.82 Å². The van der Waals surface area contributed by atoms with Crippen LogP contribution >= 0.6 is 11.8 Å². The third-order valence-corrected chi connectivity index (χ3v) is 6.76. The molecule has 26 heavy (non-hydrogen) atoms. The molecule has 0 saturated carbocycles. The predicted octanol–water partition coefficient (Wildman–Crippen LogP) is 3.09. The molecule has 0 bridgehead atoms. The van der Waals surface area contributed by atoms with Gasteiger partial charge in [0.2, 0.25) is 10.0 Å². The Bertz CT molecular complexity index is 915. The largest absolute Gasteiger partial charge is 0.345 e. The lowest BCUT2D eigenvalue weighted by Crippen LogP contribution is -2.30. The second-order valence-corrected chi connectivity index (χ2v) is 8.77. The molecule has 0 spiro atoms. The predicted molar refractivity (Wildman–Crippen MR) is 99.3 cm³/mol. The van der Waals surface area contributed by atoms with Crippen molar-refractivity contribution in [3.63, 3.8) is 0 Å². The van der Waals surface area contributed by atoms with Gasteiger partial charge in [-0.3, -0.25) is 4.79 Å². The SMILES string of the molecule is CCNS(=O)(=O)c1ccc(C(=O)N[C@@H]2CCSc3ccc(F)cc32)cc1. The van der Waals surface area contributed by atoms with E-state index in [9.17, 15) is 17.6 Å². The van der Waals surface area contributed by atoms with Gasteiger partial charge in [0.1, 0.15) is 5.82 Å². The van der Waals surface area contributed by atoms with Crippen LogP contribution in [0.2, 0.25) is 0 Å². The first-order valence-electron chi connectivity index (χ1n) is 8.23. The number of rotatable bonds is 5. The highest BCUT2D eigenvalue weighted by Crippen LogP contribution is 2.36. The number of amides is 1. The lowest BCUT2D eigenvalue weighted by Gasteiger charge is -2.26. The maximum atomic E-state index is 13.6. The minimum Gasteiger partial charge on any atom is -0.345 e. The summed E-state index contributed by atoms with van der Waals surface area (Å²) in [5.74, 6) is 0.191. The van der Waals surface area contributed by atoms with Crippen molar-refractivity contribution in [2.75, 3.05) is 12.3 Å². The zero-order valence-electron chi connectivity index (χ0n) is 14.2. The highest BCUT2D eigenvalue weighted by atomic mass is 32.2. The number of carbonyl (C=O) groups excluding carboxylic acids is 1. The molecule has 2 N–H and O–H groups in total. The molecule has 0 aromatic heterocycles. The minimum atomic E-state index is -3.55. The van der Waals surface area contributed by atoms with E-state index in [1.165, 1.54) is 36.4 Å². The molecule has 1 amide bonds. The number of thioether (sulfide) groups is 1. The van der Waals surface area contributed by atoms with E-state index in [4.69, 9.17) is 0 Å². The molecule has 138 valence electrons. The second-order valence-electron chi connectivity index (χ2n) is 5.87. The molecule has 0 unspecified atom stereocenters. The maximum Gasteiger partial charge on any atom is 0.251 e. The third kappa shape index (κ3) is 4.08. The van der Waals surface area contributed by atoms with Crippen molar-refractivity contribution in [3.8, 4) is 0 Å². The smallest absolute Gasteiger partial charge is 0.251 e. The Morgan fingerprint density at radius 3 is 2.65 bits per heavy atom. The zero-order chi connectivity index (χ0) is 18.7. The van der Waals surface area contributed by atoms with Gasteiger partial charge in [-0.25, -0.2) is 17.5 Å². The minimum absolute atomic E-state index is 0.109. The van der Waals surface area contributed by atoms with Crippen LogP contribution in [0.4, 0.5) is 4.39 Å². The normalized spacial score (nSPS) is 16.8. The summed E-state index contributed by atoms with van der Waals surface area (Å²) in [6.45, 7) is 1.99. The van der Waals surface area contributed by atoms with Crippen LogP contribution in [0.15, 0.2) is 52.3 Å². The Hall–Kier alpha value is -1.90. The van der Waals surface area contributed by atoms with Crippen molar-refractivity contribution in [3.05, 3.63) is 59.4 Å². The quantitative estimate of drug-likeness (QED) is 0.817. The fourth-order valence-corrected chi connectivity index (χ4v) is 4.96. The van der Waals surface area contributed by atoms with Crippen LogP contribution in [0.25, 0.3) is 0 Å². The summed E-state index contributed by atoms with van der Waals surface area (Å²) in [6, 6.07) is 10.1. The molecule has 3 rings (SSSR count). The summed E-state index contributed by atoms with van der Waals surface area (Å²) in [5, 5.41) is 2.92. The van der Waals surface area contributed by atoms with Gasteiger partial charge in [0, 0.05) is 22.8 Å². The number of benzene rings is 2. The van der Waals surface area contributed by atoms with Gasteiger partial charge >= 0.3 is 0 Å². The summed E-state index contributed by atoms with van der Waals surface area (Å²) in [6.07, 6.45) is 0.708. The van der Waals surface area contributed by atoms with Crippen molar-refractivity contribution >= 4 is 27.7 Å². The molecule has 0 radical (unpaired) electrons. The van der Waals surface area contributed by atoms with E-state index < -0.39 is 10.0 Å². The van der Waals surface area contributed by atoms with Crippen molar-refractivity contribution in [2.24, 2.45) is 0 Å². The number of nitrogens with one attached hydrogen (secondary N) is 2. The van der Waals surface area contributed by atoms with E-state index in [-0.39, 0.29) is 22.7 Å². The van der Waals surface area contributed by atoms with Crippen molar-refractivity contribution in [2.45, 2.75) is 29.2 Å². The highest BCUT2D eigenvalue weighted by Gasteiger charge is 2.23. The molecular weight excluding hydrogens is 375 g/mol. The number of halogens is 1. The molecule has 0 fully saturated rings. The topological polar surface area (TPSA) is 75.3 Å². The lowest BCUT2D eigenvalue weighted by atomic mass is 10.0. The first kappa shape index (κ1) is 18.9. The van der Waals surface area contributed by atoms with Crippen molar-refractivity contribution in [1.82, 2.24) is 10.0 Å². The third-order valence-electron chi connectivity index (χ3n) is 4.08. The molecule has 0 aliphatic carbocycles. The van der Waals surface area contributed by atoms with Gasteiger partial charge in [-0.15, -0.1) is 11.8 Å². The number of sulfonamides is 1. The fraction of sp³-hybridized carbons (Fsp3) is 0.278. The summed E-state index contributed by atoms with van der Waals surface area (Å²) in [5.41, 5.74) is 1.14. The first-order valence-corrected chi connectivity index (χ1v) is 10.7. The van der Waals surface area contributed by atoms with Gasteiger partial charge in [-0.2, -0.15) is 0 Å². The fourth-order valence-electron chi connectivity index (χ4n) is 2.82. The summed E-state index contributed by atoms with van der Waals surface area (Å²) in [7, 11) is -3.55. The van der Waals surface area contributed by atoms with E-state index in [1.807, 2.05) is 0 Å². The van der Waals surface area contributed by atoms with Crippen molar-refractivity contribution in [1.29, 1.82) is 0 Å². The Balaban J connectivity index is 1.77. The van der Waals surface area contributed by atoms with Gasteiger partial charge < -0.3 is 5.32 Å². The monoisotopic (exact) mass is 394 g/mol. The van der Waals surface area contributed by atoms with E-state index in [2.05, 4.69) is 10.0 Å². The van der Waals surface area contributed by atoms with Gasteiger partial charge in [-0.1, -0.05) is 6.92 Å². The number of fused-ring (bicyclic) bond motifs is 1. The summed E-state index contributed by atoms with van der Waals surface area (Å²) < 4.78 is 39.9. The Labute approximate surface area is 156 Å². The van der Waals surface area contributed by atoms with E-state index in [0.29, 0.717) is 18.5 Å². The van der Waals surface area contributed by atoms with Crippen LogP contribution in [0.1, 0.15) is 35.3 Å². The number of hydrogen-bond donors (Lipinski definition) is 2. The average Bonchev–Trinajstić information content (AvgIpc) is 2.62. The van der Waals surface area contributed by atoms with Gasteiger partial charge in [0.05, 0.1) is 10.9 Å². The van der Waals surface area contributed by atoms with E-state index >= 15 is 0 Å². The number of carbonyl (C=O) groups is 1. The second kappa shape index (κ2) is 7.77. The zero-order valence-corrected chi connectivity index (χ0v) is 15.8. The van der Waals surface area contributed by atoms with E-state index in [1.54, 1.807) is 24.8 Å². The van der Waals surface area contributed by atoms with Gasteiger partial charge in [-0.05, 0) is 54.4 Å². The Kier molecular flexibility index (Phi) is 5.64. The molecular formula is C18H19FN2O3S2. The molecule has 1 atom stereocenters. The first-order chi connectivity index (χ1) is 12.4. The van der Waals surface area contributed by atoms with Gasteiger partial charge in [0.25, 0.3) is 5.91 Å². The lowest BCUT2D eigenvalue weighted by molar-refractivity contribution is 0.0934.